The van der Waals surface area contributed by atoms with Crippen molar-refractivity contribution in [3.8, 4) is 16.9 Å². The highest BCUT2D eigenvalue weighted by Crippen LogP contribution is 2.41. The number of nitrogens with zero attached hydrogens (tertiary/aromatic N) is 4. The number of nitrogens with one attached hydrogen (secondary N) is 1. The number of hydrogen-bond acceptors (Lipinski definition) is 6. The number of H-pyrrole nitrogens is 1. The molecule has 0 unspecified atom stereocenters. The Balaban J connectivity index is 1.51. The van der Waals surface area contributed by atoms with Crippen molar-refractivity contribution in [2.75, 3.05) is 44.7 Å². The Morgan fingerprint density at radius 3 is 2.46 bits per heavy atom. The van der Waals surface area contributed by atoms with Gasteiger partial charge in [0, 0.05) is 55.7 Å². The lowest BCUT2D eigenvalue weighted by molar-refractivity contribution is 0.0725. The summed E-state index contributed by atoms with van der Waals surface area (Å²) in [5.74, 6) is 1.23. The number of hydrogen-bond donors (Lipinski definition) is 1. The molecule has 1 N–H and O–H groups in total. The molecular formula is C30H36ClN5O3. The van der Waals surface area contributed by atoms with Gasteiger partial charge in [0.15, 0.2) is 0 Å². The number of halogens is 1. The number of aromatic nitrogens is 2. The van der Waals surface area contributed by atoms with Crippen LogP contribution in [0.2, 0.25) is 5.02 Å². The molecule has 0 saturated carbocycles. The molecule has 1 aromatic carbocycles. The van der Waals surface area contributed by atoms with Crippen molar-refractivity contribution in [2.24, 2.45) is 0 Å². The van der Waals surface area contributed by atoms with Crippen LogP contribution >= 0.6 is 11.6 Å². The molecule has 1 fully saturated rings. The lowest BCUT2D eigenvalue weighted by Crippen LogP contribution is -2.44. The number of anilines is 1. The van der Waals surface area contributed by atoms with Gasteiger partial charge in [-0.2, -0.15) is 0 Å². The first kappa shape index (κ1) is 27.2. The Hall–Kier alpha value is -3.36. The number of piperazine rings is 1. The highest BCUT2D eigenvalue weighted by Gasteiger charge is 2.32. The third-order valence-corrected chi connectivity index (χ3v) is 7.94. The van der Waals surface area contributed by atoms with E-state index in [0.29, 0.717) is 34.9 Å². The third-order valence-electron chi connectivity index (χ3n) is 7.56. The topological polar surface area (TPSA) is 81.8 Å². The first-order valence-corrected chi connectivity index (χ1v) is 13.9. The van der Waals surface area contributed by atoms with E-state index in [1.807, 2.05) is 52.1 Å². The molecule has 9 heteroatoms. The van der Waals surface area contributed by atoms with E-state index < -0.39 is 0 Å². The lowest BCUT2D eigenvalue weighted by atomic mass is 9.90. The Kier molecular flexibility index (Phi) is 7.69. The van der Waals surface area contributed by atoms with E-state index in [-0.39, 0.29) is 24.1 Å². The Morgan fingerprint density at radius 1 is 1.08 bits per heavy atom. The number of benzene rings is 1. The minimum Gasteiger partial charge on any atom is -0.489 e. The molecule has 4 heterocycles. The van der Waals surface area contributed by atoms with Crippen LogP contribution in [0.4, 0.5) is 5.82 Å². The molecule has 0 radical (unpaired) electrons. The van der Waals surface area contributed by atoms with Crippen molar-refractivity contribution in [3.63, 3.8) is 0 Å². The van der Waals surface area contributed by atoms with Crippen LogP contribution in [0.1, 0.15) is 46.6 Å². The number of carbonyl (C=O) groups excluding carboxylic acids is 1. The van der Waals surface area contributed by atoms with Gasteiger partial charge in [-0.1, -0.05) is 11.6 Å². The summed E-state index contributed by atoms with van der Waals surface area (Å²) in [6.07, 6.45) is 2.37. The zero-order valence-corrected chi connectivity index (χ0v) is 24.1. The maximum atomic E-state index is 13.9. The van der Waals surface area contributed by atoms with Gasteiger partial charge in [-0.05, 0) is 82.1 Å². The second-order valence-electron chi connectivity index (χ2n) is 10.9. The maximum Gasteiger partial charge on any atom is 0.256 e. The van der Waals surface area contributed by atoms with Gasteiger partial charge >= 0.3 is 0 Å². The molecule has 2 aromatic heterocycles. The maximum absolute atomic E-state index is 13.9. The summed E-state index contributed by atoms with van der Waals surface area (Å²) in [7, 11) is 2.14. The average Bonchev–Trinajstić information content (AvgIpc) is 2.89. The summed E-state index contributed by atoms with van der Waals surface area (Å²) >= 11 is 6.85. The first-order chi connectivity index (χ1) is 18.6. The number of carbonyl (C=O) groups is 1. The van der Waals surface area contributed by atoms with Gasteiger partial charge in [0.25, 0.3) is 11.5 Å². The molecule has 5 rings (SSSR count). The number of aromatic amines is 1. The molecular weight excluding hydrogens is 514 g/mol. The highest BCUT2D eigenvalue weighted by molar-refractivity contribution is 6.35. The van der Waals surface area contributed by atoms with Crippen LogP contribution in [0.3, 0.4) is 0 Å². The standard InChI is InChI=1S/C30H36ClN5O3/c1-18(2)39-25-15-23(21-6-7-26(32-16-21)35-12-10-34(5)11-13-35)22-8-9-36(30(38)27(22)28(25)31)17-24-19(3)14-20(4)33-29(24)37/h6-7,14-16,18H,8-13,17H2,1-5H3,(H,33,37). The van der Waals surface area contributed by atoms with Gasteiger partial charge in [0.1, 0.15) is 11.6 Å². The van der Waals surface area contributed by atoms with Crippen LogP contribution in [0, 0.1) is 13.8 Å². The van der Waals surface area contributed by atoms with Gasteiger partial charge < -0.3 is 24.4 Å². The molecule has 0 atom stereocenters. The van der Waals surface area contributed by atoms with Crippen molar-refractivity contribution in [2.45, 2.75) is 46.8 Å². The number of pyridine rings is 2. The molecule has 0 aliphatic carbocycles. The molecule has 0 spiro atoms. The van der Waals surface area contributed by atoms with Crippen LogP contribution in [0.5, 0.6) is 5.75 Å². The Labute approximate surface area is 234 Å². The predicted octanol–water partition coefficient (Wildman–Crippen LogP) is 4.44. The van der Waals surface area contributed by atoms with Crippen molar-refractivity contribution in [1.82, 2.24) is 19.8 Å². The van der Waals surface area contributed by atoms with Gasteiger partial charge in [0.05, 0.1) is 23.2 Å². The zero-order valence-electron chi connectivity index (χ0n) is 23.3. The van der Waals surface area contributed by atoms with E-state index in [0.717, 1.165) is 59.9 Å². The average molecular weight is 550 g/mol. The summed E-state index contributed by atoms with van der Waals surface area (Å²) in [6.45, 7) is 12.2. The van der Waals surface area contributed by atoms with E-state index in [1.54, 1.807) is 4.90 Å². The number of amides is 1. The van der Waals surface area contributed by atoms with Crippen molar-refractivity contribution >= 4 is 23.3 Å². The molecule has 0 bridgehead atoms. The highest BCUT2D eigenvalue weighted by atomic mass is 35.5. The van der Waals surface area contributed by atoms with Crippen molar-refractivity contribution < 1.29 is 9.53 Å². The van der Waals surface area contributed by atoms with E-state index in [4.69, 9.17) is 21.3 Å². The largest absolute Gasteiger partial charge is 0.489 e. The zero-order chi connectivity index (χ0) is 27.8. The molecule has 2 aliphatic heterocycles. The van der Waals surface area contributed by atoms with Crippen LogP contribution in [0.15, 0.2) is 35.3 Å². The van der Waals surface area contributed by atoms with Crippen LogP contribution in [-0.4, -0.2) is 71.6 Å². The SMILES string of the molecule is Cc1cc(C)c(CN2CCc3c(-c4ccc(N5CCN(C)CC5)nc4)cc(OC(C)C)c(Cl)c3C2=O)c(=O)[nH]1. The van der Waals surface area contributed by atoms with Crippen molar-refractivity contribution in [1.29, 1.82) is 0 Å². The van der Waals surface area contributed by atoms with Gasteiger partial charge in [0.2, 0.25) is 0 Å². The number of ether oxygens (including phenoxy) is 1. The molecule has 2 aliphatic rings. The van der Waals surface area contributed by atoms with E-state index >= 15 is 0 Å². The molecule has 8 nitrogen and oxygen atoms in total. The number of rotatable bonds is 6. The molecule has 3 aromatic rings. The Bertz CT molecular complexity index is 1440. The van der Waals surface area contributed by atoms with E-state index in [2.05, 4.69) is 27.9 Å². The minimum absolute atomic E-state index is 0.116. The normalized spacial score (nSPS) is 16.1. The van der Waals surface area contributed by atoms with Crippen LogP contribution in [0.25, 0.3) is 11.1 Å². The van der Waals surface area contributed by atoms with E-state index in [9.17, 15) is 9.59 Å². The van der Waals surface area contributed by atoms with Crippen LogP contribution in [-0.2, 0) is 13.0 Å². The van der Waals surface area contributed by atoms with Gasteiger partial charge in [-0.15, -0.1) is 0 Å². The second kappa shape index (κ2) is 11.0. The van der Waals surface area contributed by atoms with Crippen molar-refractivity contribution in [3.05, 3.63) is 73.8 Å². The molecule has 1 amide bonds. The fourth-order valence-electron chi connectivity index (χ4n) is 5.45. The molecule has 1 saturated heterocycles. The summed E-state index contributed by atoms with van der Waals surface area (Å²) in [6, 6.07) is 7.98. The van der Waals surface area contributed by atoms with Gasteiger partial charge in [-0.25, -0.2) is 4.98 Å². The molecule has 206 valence electrons. The first-order valence-electron chi connectivity index (χ1n) is 13.5. The monoisotopic (exact) mass is 549 g/mol. The van der Waals surface area contributed by atoms with E-state index in [1.165, 1.54) is 0 Å². The lowest BCUT2D eigenvalue weighted by Gasteiger charge is -2.33. The summed E-state index contributed by atoms with van der Waals surface area (Å²) in [4.78, 5) is 40.5. The minimum atomic E-state index is -0.196. The van der Waals surface area contributed by atoms with Gasteiger partial charge in [-0.3, -0.25) is 9.59 Å². The summed E-state index contributed by atoms with van der Waals surface area (Å²) < 4.78 is 6.06. The fourth-order valence-corrected chi connectivity index (χ4v) is 5.74. The third kappa shape index (κ3) is 5.54. The number of fused-ring (bicyclic) bond motifs is 1. The smallest absolute Gasteiger partial charge is 0.256 e. The quantitative estimate of drug-likeness (QED) is 0.489. The summed E-state index contributed by atoms with van der Waals surface area (Å²) in [5, 5.41) is 0.314. The summed E-state index contributed by atoms with van der Waals surface area (Å²) in [5.41, 5.74) is 5.24. The van der Waals surface area contributed by atoms with Crippen LogP contribution < -0.4 is 15.2 Å². The number of likely N-dealkylation sites (N-methyl/N-ethyl adjacent to an activating group) is 1. The predicted molar refractivity (Wildman–Crippen MR) is 155 cm³/mol. The second-order valence-corrected chi connectivity index (χ2v) is 11.2. The molecule has 39 heavy (non-hydrogen) atoms. The Morgan fingerprint density at radius 2 is 1.82 bits per heavy atom. The number of aryl methyl sites for hydroxylation is 2. The fraction of sp³-hybridized carbons (Fsp3) is 0.433.